The van der Waals surface area contributed by atoms with Crippen LogP contribution in [-0.4, -0.2) is 50.5 Å². The molecule has 7 nitrogen and oxygen atoms in total. The molecule has 2 amide bonds. The fraction of sp³-hybridized carbons (Fsp3) is 0.417. The van der Waals surface area contributed by atoms with Crippen LogP contribution in [0.3, 0.4) is 0 Å². The molecule has 0 unspecified atom stereocenters. The van der Waals surface area contributed by atoms with Crippen molar-refractivity contribution >= 4 is 39.1 Å². The summed E-state index contributed by atoms with van der Waals surface area (Å²) in [4.78, 5) is 27.8. The topological polar surface area (TPSA) is 86.8 Å². The van der Waals surface area contributed by atoms with Crippen LogP contribution in [0.5, 0.6) is 0 Å². The van der Waals surface area contributed by atoms with Crippen LogP contribution < -0.4 is 9.62 Å². The molecule has 2 aromatic rings. The first-order valence-corrected chi connectivity index (χ1v) is 13.3. The van der Waals surface area contributed by atoms with Crippen molar-refractivity contribution in [1.82, 2.24) is 10.2 Å². The first-order valence-electron chi connectivity index (χ1n) is 11.1. The quantitative estimate of drug-likeness (QED) is 0.437. The van der Waals surface area contributed by atoms with Gasteiger partial charge in [-0.2, -0.15) is 0 Å². The van der Waals surface area contributed by atoms with Crippen LogP contribution in [0.2, 0.25) is 5.02 Å². The minimum atomic E-state index is -3.82. The number of anilines is 1. The molecule has 0 spiro atoms. The smallest absolute Gasteiger partial charge is 0.244 e. The van der Waals surface area contributed by atoms with Gasteiger partial charge in [-0.15, -0.1) is 0 Å². The molecule has 34 heavy (non-hydrogen) atoms. The van der Waals surface area contributed by atoms with Gasteiger partial charge in [0.05, 0.1) is 11.9 Å². The van der Waals surface area contributed by atoms with Crippen LogP contribution in [0.25, 0.3) is 0 Å². The molecule has 0 saturated carbocycles. The minimum absolute atomic E-state index is 0.0248. The molecule has 186 valence electrons. The molecule has 0 fully saturated rings. The van der Waals surface area contributed by atoms with E-state index in [2.05, 4.69) is 5.32 Å². The number of amides is 2. The van der Waals surface area contributed by atoms with Crippen LogP contribution >= 0.6 is 11.6 Å². The van der Waals surface area contributed by atoms with E-state index in [4.69, 9.17) is 11.6 Å². The van der Waals surface area contributed by atoms with Gasteiger partial charge in [-0.1, -0.05) is 44.0 Å². The van der Waals surface area contributed by atoms with Gasteiger partial charge in [-0.25, -0.2) is 12.8 Å². The number of carbonyl (C=O) groups excluding carboxylic acids is 2. The molecule has 0 aliphatic carbocycles. The summed E-state index contributed by atoms with van der Waals surface area (Å²) in [6, 6.07) is 10.9. The first-order chi connectivity index (χ1) is 16.1. The largest absolute Gasteiger partial charge is 0.354 e. The fourth-order valence-corrected chi connectivity index (χ4v) is 4.41. The Bertz CT molecular complexity index is 1060. The molecule has 0 saturated heterocycles. The number of nitrogens with one attached hydrogen (secondary N) is 1. The van der Waals surface area contributed by atoms with E-state index in [1.165, 1.54) is 53.4 Å². The van der Waals surface area contributed by atoms with E-state index < -0.39 is 34.3 Å². The summed E-state index contributed by atoms with van der Waals surface area (Å²) in [6.07, 6.45) is 3.03. The maximum Gasteiger partial charge on any atom is 0.244 e. The molecule has 2 aromatic carbocycles. The summed E-state index contributed by atoms with van der Waals surface area (Å²) in [5, 5.41) is 3.27. The summed E-state index contributed by atoms with van der Waals surface area (Å²) in [5.41, 5.74) is 0.898. The highest BCUT2D eigenvalue weighted by Gasteiger charge is 2.31. The molecule has 1 N–H and O–H groups in total. The van der Waals surface area contributed by atoms with Gasteiger partial charge in [0.15, 0.2) is 0 Å². The lowest BCUT2D eigenvalue weighted by Gasteiger charge is -2.33. The second kappa shape index (κ2) is 12.7. The van der Waals surface area contributed by atoms with Gasteiger partial charge >= 0.3 is 0 Å². The van der Waals surface area contributed by atoms with Gasteiger partial charge in [0, 0.05) is 18.1 Å². The second-order valence-electron chi connectivity index (χ2n) is 7.96. The zero-order valence-corrected chi connectivity index (χ0v) is 21.2. The number of nitrogens with zero attached hydrogens (tertiary/aromatic N) is 2. The molecule has 0 heterocycles. The SMILES string of the molecule is CCCCNC(=O)[C@H](CC)N(Cc1ccc(F)cc1)C(=O)CN(c1ccc(Cl)cc1)S(C)(=O)=O. The molecule has 10 heteroatoms. The Balaban J connectivity index is 2.37. The molecule has 0 aliphatic heterocycles. The van der Waals surface area contributed by atoms with Gasteiger partial charge in [-0.3, -0.25) is 13.9 Å². The van der Waals surface area contributed by atoms with Gasteiger partial charge < -0.3 is 10.2 Å². The summed E-state index contributed by atoms with van der Waals surface area (Å²) in [6.45, 7) is 3.79. The molecule has 0 aromatic heterocycles. The molecule has 1 atom stereocenters. The van der Waals surface area contributed by atoms with Crippen LogP contribution in [-0.2, 0) is 26.2 Å². The summed E-state index contributed by atoms with van der Waals surface area (Å²) >= 11 is 5.92. The number of benzene rings is 2. The average molecular weight is 512 g/mol. The van der Waals surface area contributed by atoms with E-state index in [0.717, 1.165) is 23.4 Å². The Hall–Kier alpha value is -2.65. The van der Waals surface area contributed by atoms with Crippen molar-refractivity contribution in [2.24, 2.45) is 0 Å². The van der Waals surface area contributed by atoms with Crippen LogP contribution in [0.4, 0.5) is 10.1 Å². The number of sulfonamides is 1. The van der Waals surface area contributed by atoms with Crippen LogP contribution in [0.1, 0.15) is 38.7 Å². The van der Waals surface area contributed by atoms with E-state index in [0.29, 0.717) is 23.6 Å². The van der Waals surface area contributed by atoms with Gasteiger partial charge in [0.1, 0.15) is 18.4 Å². The molecule has 0 radical (unpaired) electrons. The summed E-state index contributed by atoms with van der Waals surface area (Å²) < 4.78 is 39.4. The van der Waals surface area contributed by atoms with Crippen molar-refractivity contribution in [2.75, 3.05) is 23.7 Å². The van der Waals surface area contributed by atoms with E-state index in [9.17, 15) is 22.4 Å². The standard InChI is InChI=1S/C24H31ClFN3O4S/c1-4-6-15-27-24(31)22(5-2)28(16-18-7-11-20(26)12-8-18)23(30)17-29(34(3,32)33)21-13-9-19(25)10-14-21/h7-14,22H,4-6,15-17H2,1-3H3,(H,27,31)/t22-/m0/s1. The fourth-order valence-electron chi connectivity index (χ4n) is 3.43. The van der Waals surface area contributed by atoms with E-state index >= 15 is 0 Å². The number of hydrogen-bond donors (Lipinski definition) is 1. The van der Waals surface area contributed by atoms with Gasteiger partial charge in [0.2, 0.25) is 21.8 Å². The lowest BCUT2D eigenvalue weighted by atomic mass is 10.1. The Morgan fingerprint density at radius 3 is 2.21 bits per heavy atom. The zero-order chi connectivity index (χ0) is 25.3. The maximum absolute atomic E-state index is 13.5. The zero-order valence-electron chi connectivity index (χ0n) is 19.6. The summed E-state index contributed by atoms with van der Waals surface area (Å²) in [5.74, 6) is -1.29. The van der Waals surface area contributed by atoms with E-state index in [1.807, 2.05) is 6.92 Å². The Morgan fingerprint density at radius 2 is 1.68 bits per heavy atom. The normalized spacial score (nSPS) is 12.1. The maximum atomic E-state index is 13.5. The number of hydrogen-bond acceptors (Lipinski definition) is 4. The second-order valence-corrected chi connectivity index (χ2v) is 10.3. The third kappa shape index (κ3) is 7.99. The third-order valence-electron chi connectivity index (χ3n) is 5.28. The van der Waals surface area contributed by atoms with Crippen LogP contribution in [0.15, 0.2) is 48.5 Å². The van der Waals surface area contributed by atoms with Gasteiger partial charge in [-0.05, 0) is 54.8 Å². The lowest BCUT2D eigenvalue weighted by molar-refractivity contribution is -0.140. The first kappa shape index (κ1) is 27.6. The number of unbranched alkanes of at least 4 members (excludes halogenated alkanes) is 1. The lowest BCUT2D eigenvalue weighted by Crippen LogP contribution is -2.52. The average Bonchev–Trinajstić information content (AvgIpc) is 2.78. The van der Waals surface area contributed by atoms with E-state index in [1.54, 1.807) is 6.92 Å². The molecule has 2 rings (SSSR count). The number of rotatable bonds is 12. The highest BCUT2D eigenvalue weighted by Crippen LogP contribution is 2.22. The highest BCUT2D eigenvalue weighted by atomic mass is 35.5. The van der Waals surface area contributed by atoms with Crippen molar-refractivity contribution in [2.45, 2.75) is 45.7 Å². The number of carbonyl (C=O) groups is 2. The Kier molecular flexibility index (Phi) is 10.3. The van der Waals surface area contributed by atoms with Crippen molar-refractivity contribution < 1.29 is 22.4 Å². The van der Waals surface area contributed by atoms with Crippen LogP contribution in [0, 0.1) is 5.82 Å². The summed E-state index contributed by atoms with van der Waals surface area (Å²) in [7, 11) is -3.82. The van der Waals surface area contributed by atoms with Crippen molar-refractivity contribution in [3.8, 4) is 0 Å². The minimum Gasteiger partial charge on any atom is -0.354 e. The molecule has 0 aliphatic rings. The molecular formula is C24H31ClFN3O4S. The molecule has 0 bridgehead atoms. The molecular weight excluding hydrogens is 481 g/mol. The monoisotopic (exact) mass is 511 g/mol. The van der Waals surface area contributed by atoms with Gasteiger partial charge in [0.25, 0.3) is 0 Å². The van der Waals surface area contributed by atoms with Crippen molar-refractivity contribution in [1.29, 1.82) is 0 Å². The predicted molar refractivity (Wildman–Crippen MR) is 133 cm³/mol. The van der Waals surface area contributed by atoms with Crippen molar-refractivity contribution in [3.05, 3.63) is 64.9 Å². The predicted octanol–water partition coefficient (Wildman–Crippen LogP) is 3.97. The highest BCUT2D eigenvalue weighted by molar-refractivity contribution is 7.92. The third-order valence-corrected chi connectivity index (χ3v) is 6.67. The van der Waals surface area contributed by atoms with E-state index in [-0.39, 0.29) is 18.1 Å². The Labute approximate surface area is 205 Å². The van der Waals surface area contributed by atoms with Crippen molar-refractivity contribution in [3.63, 3.8) is 0 Å². The Morgan fingerprint density at radius 1 is 1.06 bits per heavy atom. The number of halogens is 2.